The topological polar surface area (TPSA) is 32.3 Å². The second kappa shape index (κ2) is 7.63. The molecule has 0 aromatic heterocycles. The predicted octanol–water partition coefficient (Wildman–Crippen LogP) is 3.66. The third-order valence-electron chi connectivity index (χ3n) is 5.10. The van der Waals surface area contributed by atoms with Crippen molar-refractivity contribution < 1.29 is 4.79 Å². The minimum Gasteiger partial charge on any atom is -0.347 e. The maximum Gasteiger partial charge on any atom is 0.234 e. The maximum atomic E-state index is 12.9. The minimum atomic E-state index is -0.0119. The normalized spacial score (nSPS) is 21.0. The molecule has 0 radical (unpaired) electrons. The molecule has 0 spiro atoms. The highest BCUT2D eigenvalue weighted by atomic mass is 32.2. The SMILES string of the molecule is O=C(NC(CN1CCCC1)c1ccccc1)C1Cc2ccccc2S1. The molecule has 25 heavy (non-hydrogen) atoms. The van der Waals surface area contributed by atoms with Crippen molar-refractivity contribution in [1.82, 2.24) is 10.2 Å². The molecule has 0 saturated carbocycles. The van der Waals surface area contributed by atoms with Gasteiger partial charge in [0.2, 0.25) is 5.91 Å². The number of carbonyl (C=O) groups excluding carboxylic acids is 1. The zero-order valence-corrected chi connectivity index (χ0v) is 15.2. The van der Waals surface area contributed by atoms with E-state index in [1.165, 1.54) is 28.9 Å². The van der Waals surface area contributed by atoms with Gasteiger partial charge in [-0.25, -0.2) is 0 Å². The Morgan fingerprint density at radius 1 is 1.08 bits per heavy atom. The highest BCUT2D eigenvalue weighted by Gasteiger charge is 2.30. The van der Waals surface area contributed by atoms with Crippen LogP contribution in [0.25, 0.3) is 0 Å². The molecule has 4 heteroatoms. The van der Waals surface area contributed by atoms with Crippen molar-refractivity contribution in [3.05, 3.63) is 65.7 Å². The molecule has 2 unspecified atom stereocenters. The van der Waals surface area contributed by atoms with Gasteiger partial charge in [0.15, 0.2) is 0 Å². The molecule has 1 amide bonds. The summed E-state index contributed by atoms with van der Waals surface area (Å²) in [5.74, 6) is 0.161. The van der Waals surface area contributed by atoms with Crippen molar-refractivity contribution >= 4 is 17.7 Å². The van der Waals surface area contributed by atoms with Gasteiger partial charge in [0.05, 0.1) is 11.3 Å². The molecule has 2 aromatic rings. The molecule has 1 fully saturated rings. The first-order valence-electron chi connectivity index (χ1n) is 9.12. The minimum absolute atomic E-state index is 0.0119. The van der Waals surface area contributed by atoms with Crippen LogP contribution in [0.4, 0.5) is 0 Å². The second-order valence-electron chi connectivity index (χ2n) is 6.90. The number of hydrogen-bond donors (Lipinski definition) is 1. The van der Waals surface area contributed by atoms with Gasteiger partial charge in [0, 0.05) is 11.4 Å². The highest BCUT2D eigenvalue weighted by molar-refractivity contribution is 8.01. The van der Waals surface area contributed by atoms with E-state index in [9.17, 15) is 4.79 Å². The third kappa shape index (κ3) is 3.91. The molecule has 1 saturated heterocycles. The average molecular weight is 353 g/mol. The summed E-state index contributed by atoms with van der Waals surface area (Å²) in [4.78, 5) is 16.6. The van der Waals surface area contributed by atoms with Crippen molar-refractivity contribution in [2.45, 2.75) is 35.4 Å². The number of carbonyl (C=O) groups is 1. The van der Waals surface area contributed by atoms with Crippen molar-refractivity contribution in [1.29, 1.82) is 0 Å². The largest absolute Gasteiger partial charge is 0.347 e. The van der Waals surface area contributed by atoms with Gasteiger partial charge in [0.1, 0.15) is 0 Å². The van der Waals surface area contributed by atoms with Crippen LogP contribution < -0.4 is 5.32 Å². The maximum absolute atomic E-state index is 12.9. The number of likely N-dealkylation sites (tertiary alicyclic amines) is 1. The number of thioether (sulfide) groups is 1. The van der Waals surface area contributed by atoms with Crippen molar-refractivity contribution in [3.63, 3.8) is 0 Å². The van der Waals surface area contributed by atoms with E-state index in [1.54, 1.807) is 11.8 Å². The van der Waals surface area contributed by atoms with E-state index in [0.717, 1.165) is 26.1 Å². The molecule has 2 atom stereocenters. The van der Waals surface area contributed by atoms with E-state index in [-0.39, 0.29) is 17.2 Å². The molecule has 2 aliphatic heterocycles. The molecule has 2 aliphatic rings. The molecule has 2 heterocycles. The number of amides is 1. The van der Waals surface area contributed by atoms with Gasteiger partial charge in [0.25, 0.3) is 0 Å². The van der Waals surface area contributed by atoms with Crippen molar-refractivity contribution in [3.8, 4) is 0 Å². The molecule has 1 N–H and O–H groups in total. The summed E-state index contributed by atoms with van der Waals surface area (Å²) in [7, 11) is 0. The fourth-order valence-corrected chi connectivity index (χ4v) is 4.94. The molecule has 0 bridgehead atoms. The zero-order chi connectivity index (χ0) is 17.1. The summed E-state index contributed by atoms with van der Waals surface area (Å²) in [5.41, 5.74) is 2.49. The fourth-order valence-electron chi connectivity index (χ4n) is 3.74. The first-order valence-corrected chi connectivity index (χ1v) is 10.00. The molecular weight excluding hydrogens is 328 g/mol. The van der Waals surface area contributed by atoms with E-state index in [0.29, 0.717) is 0 Å². The lowest BCUT2D eigenvalue weighted by atomic mass is 10.1. The van der Waals surface area contributed by atoms with Gasteiger partial charge >= 0.3 is 0 Å². The number of nitrogens with zero attached hydrogens (tertiary/aromatic N) is 1. The Morgan fingerprint density at radius 3 is 2.56 bits per heavy atom. The summed E-state index contributed by atoms with van der Waals surface area (Å²) < 4.78 is 0. The van der Waals surface area contributed by atoms with Crippen LogP contribution in [0.1, 0.15) is 30.0 Å². The van der Waals surface area contributed by atoms with Crippen LogP contribution in [0.3, 0.4) is 0 Å². The van der Waals surface area contributed by atoms with Crippen molar-refractivity contribution in [2.75, 3.05) is 19.6 Å². The summed E-state index contributed by atoms with van der Waals surface area (Å²) in [6, 6.07) is 18.8. The number of nitrogens with one attached hydrogen (secondary N) is 1. The summed E-state index contributed by atoms with van der Waals surface area (Å²) in [6.45, 7) is 3.19. The molecule has 3 nitrogen and oxygen atoms in total. The van der Waals surface area contributed by atoms with Gasteiger partial charge in [-0.2, -0.15) is 0 Å². The molecular formula is C21H24N2OS. The Morgan fingerprint density at radius 2 is 1.80 bits per heavy atom. The van der Waals surface area contributed by atoms with E-state index in [1.807, 2.05) is 12.1 Å². The Bertz CT molecular complexity index is 703. The van der Waals surface area contributed by atoms with Gasteiger partial charge in [-0.05, 0) is 49.5 Å². The van der Waals surface area contributed by atoms with Gasteiger partial charge in [-0.3, -0.25) is 4.79 Å². The number of rotatable bonds is 5. The Balaban J connectivity index is 1.45. The Labute approximate surface area is 153 Å². The van der Waals surface area contributed by atoms with Gasteiger partial charge in [-0.1, -0.05) is 48.5 Å². The average Bonchev–Trinajstić information content (AvgIpc) is 3.31. The number of hydrogen-bond acceptors (Lipinski definition) is 3. The second-order valence-corrected chi connectivity index (χ2v) is 8.14. The summed E-state index contributed by atoms with van der Waals surface area (Å²) in [5, 5.41) is 3.32. The zero-order valence-electron chi connectivity index (χ0n) is 14.4. The smallest absolute Gasteiger partial charge is 0.234 e. The molecule has 2 aromatic carbocycles. The molecule has 4 rings (SSSR count). The van der Waals surface area contributed by atoms with E-state index in [4.69, 9.17) is 0 Å². The fraction of sp³-hybridized carbons (Fsp3) is 0.381. The number of fused-ring (bicyclic) bond motifs is 1. The van der Waals surface area contributed by atoms with E-state index >= 15 is 0 Å². The van der Waals surface area contributed by atoms with Crippen LogP contribution in [0, 0.1) is 0 Å². The lowest BCUT2D eigenvalue weighted by Crippen LogP contribution is -2.40. The Kier molecular flexibility index (Phi) is 5.09. The predicted molar refractivity (Wildman–Crippen MR) is 103 cm³/mol. The molecule has 0 aliphatic carbocycles. The van der Waals surface area contributed by atoms with Crippen LogP contribution in [0.15, 0.2) is 59.5 Å². The first-order chi connectivity index (χ1) is 12.3. The quantitative estimate of drug-likeness (QED) is 0.891. The van der Waals surface area contributed by atoms with Crippen LogP contribution in [-0.4, -0.2) is 35.7 Å². The van der Waals surface area contributed by atoms with Gasteiger partial charge in [-0.15, -0.1) is 11.8 Å². The number of benzene rings is 2. The van der Waals surface area contributed by atoms with E-state index < -0.39 is 0 Å². The summed E-state index contributed by atoms with van der Waals surface area (Å²) >= 11 is 1.70. The first kappa shape index (κ1) is 16.7. The lowest BCUT2D eigenvalue weighted by molar-refractivity contribution is -0.121. The van der Waals surface area contributed by atoms with Crippen LogP contribution in [0.2, 0.25) is 0 Å². The van der Waals surface area contributed by atoms with Crippen LogP contribution in [-0.2, 0) is 11.2 Å². The van der Waals surface area contributed by atoms with Gasteiger partial charge < -0.3 is 10.2 Å². The third-order valence-corrected chi connectivity index (χ3v) is 6.41. The lowest BCUT2D eigenvalue weighted by Gasteiger charge is -2.26. The summed E-state index contributed by atoms with van der Waals surface area (Å²) in [6.07, 6.45) is 3.37. The molecule has 130 valence electrons. The van der Waals surface area contributed by atoms with Crippen molar-refractivity contribution in [2.24, 2.45) is 0 Å². The standard InChI is InChI=1S/C21H24N2OS/c24-21(20-14-17-10-4-5-11-19(17)25-20)22-18(15-23-12-6-7-13-23)16-8-2-1-3-9-16/h1-5,8-11,18,20H,6-7,12-15H2,(H,22,24). The van der Waals surface area contributed by atoms with Crippen LogP contribution in [0.5, 0.6) is 0 Å². The Hall–Kier alpha value is -1.78. The highest BCUT2D eigenvalue weighted by Crippen LogP contribution is 2.37. The van der Waals surface area contributed by atoms with E-state index in [2.05, 4.69) is 52.7 Å². The van der Waals surface area contributed by atoms with Crippen LogP contribution >= 0.6 is 11.8 Å². The monoisotopic (exact) mass is 352 g/mol.